The molecule has 4 heterocycles. The van der Waals surface area contributed by atoms with Gasteiger partial charge >= 0.3 is 16.9 Å². The van der Waals surface area contributed by atoms with Gasteiger partial charge < -0.3 is 19.4 Å². The molecule has 136 valence electrons. The minimum atomic E-state index is -0.908. The van der Waals surface area contributed by atoms with Crippen LogP contribution in [0.2, 0.25) is 0 Å². The Hall–Kier alpha value is -2.95. The SMILES string of the molecule is O=c1[nH]c(=O)n([C@H]2C[C@H](O)[C@@H](CO)O2)cc1-[n+]1ccc(-c2ccco2)o1. The quantitative estimate of drug-likeness (QED) is 0.523. The Kier molecular flexibility index (Phi) is 4.07. The van der Waals surface area contributed by atoms with Gasteiger partial charge in [-0.15, -0.1) is 0 Å². The maximum atomic E-state index is 12.2. The van der Waals surface area contributed by atoms with Gasteiger partial charge in [0.05, 0.1) is 31.2 Å². The summed E-state index contributed by atoms with van der Waals surface area (Å²) in [6.07, 6.45) is 1.89. The Morgan fingerprint density at radius 3 is 2.85 bits per heavy atom. The minimum absolute atomic E-state index is 0.0490. The minimum Gasteiger partial charge on any atom is -0.461 e. The number of hydrogen-bond donors (Lipinski definition) is 3. The van der Waals surface area contributed by atoms with Crippen LogP contribution in [0, 0.1) is 0 Å². The Morgan fingerprint density at radius 2 is 2.15 bits per heavy atom. The van der Waals surface area contributed by atoms with Gasteiger partial charge in [0.25, 0.3) is 5.76 Å². The molecule has 4 rings (SSSR count). The molecule has 10 heteroatoms. The summed E-state index contributed by atoms with van der Waals surface area (Å²) in [5.41, 5.74) is -1.28. The van der Waals surface area contributed by atoms with Gasteiger partial charge in [-0.05, 0) is 12.1 Å². The number of aliphatic hydroxyl groups is 2. The predicted molar refractivity (Wildman–Crippen MR) is 84.4 cm³/mol. The zero-order chi connectivity index (χ0) is 18.3. The number of aliphatic hydroxyl groups excluding tert-OH is 2. The molecule has 0 radical (unpaired) electrons. The van der Waals surface area contributed by atoms with Gasteiger partial charge in [-0.2, -0.15) is 0 Å². The molecule has 0 aliphatic carbocycles. The summed E-state index contributed by atoms with van der Waals surface area (Å²) in [4.78, 5) is 26.5. The summed E-state index contributed by atoms with van der Waals surface area (Å²) in [7, 11) is 0. The summed E-state index contributed by atoms with van der Waals surface area (Å²) in [6, 6.07) is 5.03. The number of rotatable bonds is 4. The van der Waals surface area contributed by atoms with E-state index in [0.29, 0.717) is 11.5 Å². The molecule has 0 unspecified atom stereocenters. The van der Waals surface area contributed by atoms with Crippen LogP contribution in [-0.4, -0.2) is 38.6 Å². The normalized spacial score (nSPS) is 22.8. The third-order valence-electron chi connectivity index (χ3n) is 4.20. The summed E-state index contributed by atoms with van der Waals surface area (Å²) in [5.74, 6) is 0.890. The van der Waals surface area contributed by atoms with Crippen LogP contribution >= 0.6 is 0 Å². The van der Waals surface area contributed by atoms with Crippen LogP contribution < -0.4 is 16.0 Å². The van der Waals surface area contributed by atoms with E-state index in [9.17, 15) is 19.8 Å². The average molecular weight is 362 g/mol. The first-order valence-corrected chi connectivity index (χ1v) is 7.93. The van der Waals surface area contributed by atoms with Crippen molar-refractivity contribution in [1.29, 1.82) is 0 Å². The van der Waals surface area contributed by atoms with Crippen molar-refractivity contribution in [2.24, 2.45) is 0 Å². The molecule has 0 saturated carbocycles. The first-order chi connectivity index (χ1) is 12.6. The first kappa shape index (κ1) is 16.5. The second-order valence-electron chi connectivity index (χ2n) is 5.87. The van der Waals surface area contributed by atoms with E-state index in [2.05, 4.69) is 4.98 Å². The number of aromatic amines is 1. The lowest BCUT2D eigenvalue weighted by Crippen LogP contribution is -2.42. The van der Waals surface area contributed by atoms with E-state index in [0.717, 1.165) is 4.57 Å². The Balaban J connectivity index is 1.72. The zero-order valence-electron chi connectivity index (χ0n) is 13.4. The topological polar surface area (TPSA) is 135 Å². The fraction of sp³-hybridized carbons (Fsp3) is 0.312. The van der Waals surface area contributed by atoms with E-state index in [1.54, 1.807) is 18.2 Å². The lowest BCUT2D eigenvalue weighted by Gasteiger charge is -2.13. The summed E-state index contributed by atoms with van der Waals surface area (Å²) in [5, 5.41) is 19.0. The standard InChI is InChI=1S/C16H15N3O7/c20-8-13-10(21)6-14(25-13)18-7-9(15(22)17-16(18)23)19-4-3-12(26-19)11-2-1-5-24-11/h1-5,7,10,13-14,20-21H,6,8H2/p+1/t10-,13+,14+/m0/s1. The number of nitrogens with zero attached hydrogens (tertiary/aromatic N) is 2. The van der Waals surface area contributed by atoms with E-state index < -0.39 is 29.7 Å². The first-order valence-electron chi connectivity index (χ1n) is 7.93. The van der Waals surface area contributed by atoms with Crippen LogP contribution in [0.1, 0.15) is 12.6 Å². The molecule has 10 nitrogen and oxygen atoms in total. The number of ether oxygens (including phenoxy) is 1. The monoisotopic (exact) mass is 362 g/mol. The fourth-order valence-electron chi connectivity index (χ4n) is 2.87. The van der Waals surface area contributed by atoms with Crippen LogP contribution in [0.15, 0.2) is 55.4 Å². The Morgan fingerprint density at radius 1 is 1.31 bits per heavy atom. The highest BCUT2D eigenvalue weighted by atomic mass is 16.5. The molecular formula is C16H16N3O7+. The molecule has 0 aromatic carbocycles. The third-order valence-corrected chi connectivity index (χ3v) is 4.20. The molecule has 1 saturated heterocycles. The molecule has 0 spiro atoms. The van der Waals surface area contributed by atoms with Crippen LogP contribution in [0.25, 0.3) is 17.2 Å². The number of hydrogen-bond acceptors (Lipinski definition) is 7. The van der Waals surface area contributed by atoms with Crippen molar-refractivity contribution in [1.82, 2.24) is 9.55 Å². The highest BCUT2D eigenvalue weighted by molar-refractivity contribution is 5.47. The molecule has 1 fully saturated rings. The lowest BCUT2D eigenvalue weighted by atomic mass is 10.2. The fourth-order valence-corrected chi connectivity index (χ4v) is 2.87. The van der Waals surface area contributed by atoms with Crippen molar-refractivity contribution in [2.75, 3.05) is 6.61 Å². The van der Waals surface area contributed by atoms with Gasteiger partial charge in [0, 0.05) is 11.2 Å². The van der Waals surface area contributed by atoms with Crippen molar-refractivity contribution < 1.29 is 28.6 Å². The predicted octanol–water partition coefficient (Wildman–Crippen LogP) is -0.693. The number of H-pyrrole nitrogens is 1. The van der Waals surface area contributed by atoms with Crippen LogP contribution in [0.4, 0.5) is 0 Å². The highest BCUT2D eigenvalue weighted by Crippen LogP contribution is 2.27. The van der Waals surface area contributed by atoms with E-state index in [4.69, 9.17) is 13.7 Å². The second kappa shape index (κ2) is 6.41. The third kappa shape index (κ3) is 2.79. The summed E-state index contributed by atoms with van der Waals surface area (Å²) in [6.45, 7) is -0.373. The largest absolute Gasteiger partial charge is 0.461 e. The van der Waals surface area contributed by atoms with E-state index >= 15 is 0 Å². The molecule has 0 bridgehead atoms. The van der Waals surface area contributed by atoms with Crippen molar-refractivity contribution in [2.45, 2.75) is 24.9 Å². The zero-order valence-corrected chi connectivity index (χ0v) is 13.4. The number of furan rings is 1. The highest BCUT2D eigenvalue weighted by Gasteiger charge is 2.36. The molecule has 3 aromatic heterocycles. The maximum absolute atomic E-state index is 12.2. The van der Waals surface area contributed by atoms with Gasteiger partial charge in [0.15, 0.2) is 5.76 Å². The van der Waals surface area contributed by atoms with Crippen LogP contribution in [-0.2, 0) is 4.74 Å². The molecule has 3 N–H and O–H groups in total. The van der Waals surface area contributed by atoms with Gasteiger partial charge in [0.2, 0.25) is 6.20 Å². The summed E-state index contributed by atoms with van der Waals surface area (Å²) >= 11 is 0. The molecule has 3 atom stereocenters. The number of nitrogens with one attached hydrogen (secondary N) is 1. The second-order valence-corrected chi connectivity index (χ2v) is 5.87. The van der Waals surface area contributed by atoms with Gasteiger partial charge in [-0.3, -0.25) is 14.3 Å². The molecule has 1 aliphatic rings. The van der Waals surface area contributed by atoms with Crippen molar-refractivity contribution in [3.8, 4) is 17.2 Å². The Bertz CT molecular complexity index is 1020. The maximum Gasteiger partial charge on any atom is 0.338 e. The molecular weight excluding hydrogens is 346 g/mol. The lowest BCUT2D eigenvalue weighted by molar-refractivity contribution is -0.783. The van der Waals surface area contributed by atoms with E-state index in [1.165, 1.54) is 23.4 Å². The van der Waals surface area contributed by atoms with Crippen LogP contribution in [0.5, 0.6) is 0 Å². The van der Waals surface area contributed by atoms with Crippen molar-refractivity contribution >= 4 is 0 Å². The molecule has 1 aliphatic heterocycles. The smallest absolute Gasteiger partial charge is 0.338 e. The van der Waals surface area contributed by atoms with E-state index in [-0.39, 0.29) is 18.7 Å². The molecule has 0 amide bonds. The van der Waals surface area contributed by atoms with Gasteiger partial charge in [-0.1, -0.05) is 0 Å². The van der Waals surface area contributed by atoms with Crippen molar-refractivity contribution in [3.05, 3.63) is 57.7 Å². The molecule has 3 aromatic rings. The summed E-state index contributed by atoms with van der Waals surface area (Å²) < 4.78 is 18.6. The van der Waals surface area contributed by atoms with Crippen LogP contribution in [0.3, 0.4) is 0 Å². The average Bonchev–Trinajstić information content (AvgIpc) is 3.35. The van der Waals surface area contributed by atoms with E-state index in [1.807, 2.05) is 0 Å². The number of aromatic nitrogens is 3. The van der Waals surface area contributed by atoms with Crippen molar-refractivity contribution in [3.63, 3.8) is 0 Å². The molecule has 26 heavy (non-hydrogen) atoms. The van der Waals surface area contributed by atoms with Gasteiger partial charge in [-0.25, -0.2) is 9.32 Å². The van der Waals surface area contributed by atoms with Gasteiger partial charge in [0.1, 0.15) is 12.3 Å². The Labute approximate surface area is 145 Å².